The van der Waals surface area contributed by atoms with Gasteiger partial charge in [0.25, 0.3) is 0 Å². The third-order valence-corrected chi connectivity index (χ3v) is 4.05. The van der Waals surface area contributed by atoms with Crippen LogP contribution in [-0.2, 0) is 6.42 Å². The van der Waals surface area contributed by atoms with Gasteiger partial charge in [-0.15, -0.1) is 0 Å². The molecule has 134 valence electrons. The van der Waals surface area contributed by atoms with Crippen LogP contribution in [0.5, 0.6) is 5.75 Å². The van der Waals surface area contributed by atoms with E-state index in [1.807, 2.05) is 36.4 Å². The van der Waals surface area contributed by atoms with Crippen LogP contribution in [0.3, 0.4) is 0 Å². The van der Waals surface area contributed by atoms with Crippen molar-refractivity contribution in [2.24, 2.45) is 0 Å². The summed E-state index contributed by atoms with van der Waals surface area (Å²) in [6.45, 7) is 1.88. The fourth-order valence-electron chi connectivity index (χ4n) is 2.72. The molecular formula is C22H21F2NO. The summed E-state index contributed by atoms with van der Waals surface area (Å²) in [6.07, 6.45) is 0.756. The SMILES string of the molecule is Fc1cccc(CCNCCOc2ccc(F)c(-c3ccccc3)c2)c1. The number of benzene rings is 3. The molecule has 0 atom stereocenters. The average molecular weight is 353 g/mol. The first-order chi connectivity index (χ1) is 12.7. The minimum absolute atomic E-state index is 0.212. The van der Waals surface area contributed by atoms with Gasteiger partial charge in [-0.3, -0.25) is 0 Å². The maximum absolute atomic E-state index is 14.0. The first-order valence-corrected chi connectivity index (χ1v) is 8.65. The molecule has 0 saturated carbocycles. The molecule has 0 aliphatic carbocycles. The normalized spacial score (nSPS) is 10.7. The van der Waals surface area contributed by atoms with Crippen molar-refractivity contribution >= 4 is 0 Å². The molecule has 26 heavy (non-hydrogen) atoms. The van der Waals surface area contributed by atoms with Gasteiger partial charge in [0.15, 0.2) is 0 Å². The van der Waals surface area contributed by atoms with E-state index >= 15 is 0 Å². The first-order valence-electron chi connectivity index (χ1n) is 8.65. The highest BCUT2D eigenvalue weighted by atomic mass is 19.1. The Hall–Kier alpha value is -2.72. The van der Waals surface area contributed by atoms with E-state index < -0.39 is 0 Å². The van der Waals surface area contributed by atoms with Gasteiger partial charge in [-0.25, -0.2) is 8.78 Å². The van der Waals surface area contributed by atoms with Crippen LogP contribution in [-0.4, -0.2) is 19.7 Å². The zero-order valence-corrected chi connectivity index (χ0v) is 14.4. The number of hydrogen-bond donors (Lipinski definition) is 1. The van der Waals surface area contributed by atoms with Gasteiger partial charge in [0.2, 0.25) is 0 Å². The predicted molar refractivity (Wildman–Crippen MR) is 100 cm³/mol. The van der Waals surface area contributed by atoms with Gasteiger partial charge >= 0.3 is 0 Å². The van der Waals surface area contributed by atoms with Gasteiger partial charge in [0, 0.05) is 12.1 Å². The standard InChI is InChI=1S/C22H21F2NO/c23-19-8-4-5-17(15-19)11-12-25-13-14-26-20-9-10-22(24)21(16-20)18-6-2-1-3-7-18/h1-10,15-16,25H,11-14H2. The third-order valence-electron chi connectivity index (χ3n) is 4.05. The second kappa shape index (κ2) is 9.11. The quantitative estimate of drug-likeness (QED) is 0.585. The van der Waals surface area contributed by atoms with Gasteiger partial charge in [-0.2, -0.15) is 0 Å². The molecule has 1 N–H and O–H groups in total. The molecule has 3 aromatic rings. The number of rotatable bonds is 8. The van der Waals surface area contributed by atoms with Gasteiger partial charge in [0.05, 0.1) is 0 Å². The number of halogens is 2. The Balaban J connectivity index is 1.45. The van der Waals surface area contributed by atoms with Gasteiger partial charge in [0.1, 0.15) is 24.0 Å². The predicted octanol–water partition coefficient (Wildman–Crippen LogP) is 4.84. The highest BCUT2D eigenvalue weighted by molar-refractivity contribution is 5.65. The number of ether oxygens (including phenoxy) is 1. The van der Waals surface area contributed by atoms with Crippen molar-refractivity contribution in [3.8, 4) is 16.9 Å². The van der Waals surface area contributed by atoms with Crippen molar-refractivity contribution in [2.45, 2.75) is 6.42 Å². The van der Waals surface area contributed by atoms with Gasteiger partial charge in [-0.05, 0) is 54.4 Å². The molecule has 0 fully saturated rings. The van der Waals surface area contributed by atoms with Crippen LogP contribution in [0.1, 0.15) is 5.56 Å². The summed E-state index contributed by atoms with van der Waals surface area (Å²) in [7, 11) is 0. The van der Waals surface area contributed by atoms with E-state index in [9.17, 15) is 8.78 Å². The summed E-state index contributed by atoms with van der Waals surface area (Å²) in [5.41, 5.74) is 2.32. The summed E-state index contributed by atoms with van der Waals surface area (Å²) in [5.74, 6) is 0.158. The van der Waals surface area contributed by atoms with E-state index in [2.05, 4.69) is 5.32 Å². The average Bonchev–Trinajstić information content (AvgIpc) is 2.66. The number of hydrogen-bond acceptors (Lipinski definition) is 2. The lowest BCUT2D eigenvalue weighted by Crippen LogP contribution is -2.23. The Bertz CT molecular complexity index is 837. The van der Waals surface area contributed by atoms with Gasteiger partial charge < -0.3 is 10.1 Å². The molecule has 3 rings (SSSR count). The topological polar surface area (TPSA) is 21.3 Å². The highest BCUT2D eigenvalue weighted by Crippen LogP contribution is 2.26. The second-order valence-corrected chi connectivity index (χ2v) is 5.99. The van der Waals surface area contributed by atoms with E-state index in [0.717, 1.165) is 24.1 Å². The Kier molecular flexibility index (Phi) is 6.34. The monoisotopic (exact) mass is 353 g/mol. The highest BCUT2D eigenvalue weighted by Gasteiger charge is 2.06. The van der Waals surface area contributed by atoms with Crippen LogP contribution in [0.15, 0.2) is 72.8 Å². The van der Waals surface area contributed by atoms with Crippen molar-refractivity contribution in [1.29, 1.82) is 0 Å². The fourth-order valence-corrected chi connectivity index (χ4v) is 2.72. The molecule has 0 aliphatic heterocycles. The molecular weight excluding hydrogens is 332 g/mol. The molecule has 0 bridgehead atoms. The minimum atomic E-state index is -0.267. The summed E-state index contributed by atoms with van der Waals surface area (Å²) in [4.78, 5) is 0. The molecule has 0 aromatic heterocycles. The fraction of sp³-hybridized carbons (Fsp3) is 0.182. The van der Waals surface area contributed by atoms with Crippen molar-refractivity contribution in [1.82, 2.24) is 5.32 Å². The molecule has 4 heteroatoms. The largest absolute Gasteiger partial charge is 0.492 e. The molecule has 2 nitrogen and oxygen atoms in total. The molecule has 3 aromatic carbocycles. The van der Waals surface area contributed by atoms with Crippen LogP contribution in [0.2, 0.25) is 0 Å². The van der Waals surface area contributed by atoms with Crippen LogP contribution < -0.4 is 10.1 Å². The molecule has 0 heterocycles. The summed E-state index contributed by atoms with van der Waals surface area (Å²) < 4.78 is 32.8. The number of nitrogens with one attached hydrogen (secondary N) is 1. The lowest BCUT2D eigenvalue weighted by atomic mass is 10.1. The maximum Gasteiger partial charge on any atom is 0.131 e. The van der Waals surface area contributed by atoms with E-state index in [-0.39, 0.29) is 11.6 Å². The summed E-state index contributed by atoms with van der Waals surface area (Å²) >= 11 is 0. The van der Waals surface area contributed by atoms with E-state index in [1.54, 1.807) is 24.3 Å². The van der Waals surface area contributed by atoms with Crippen LogP contribution in [0, 0.1) is 11.6 Å². The van der Waals surface area contributed by atoms with Crippen molar-refractivity contribution in [2.75, 3.05) is 19.7 Å². The van der Waals surface area contributed by atoms with Crippen LogP contribution >= 0.6 is 0 Å². The minimum Gasteiger partial charge on any atom is -0.492 e. The Morgan fingerprint density at radius 3 is 2.46 bits per heavy atom. The Morgan fingerprint density at radius 2 is 1.65 bits per heavy atom. The molecule has 0 radical (unpaired) electrons. The molecule has 0 unspecified atom stereocenters. The van der Waals surface area contributed by atoms with E-state index in [4.69, 9.17) is 4.74 Å². The summed E-state index contributed by atoms with van der Waals surface area (Å²) in [5, 5.41) is 3.26. The van der Waals surface area contributed by atoms with Crippen molar-refractivity contribution < 1.29 is 13.5 Å². The first kappa shape index (κ1) is 18.1. The molecule has 0 saturated heterocycles. The van der Waals surface area contributed by atoms with E-state index in [1.165, 1.54) is 12.1 Å². The maximum atomic E-state index is 14.0. The molecule has 0 spiro atoms. The lowest BCUT2D eigenvalue weighted by Gasteiger charge is -2.10. The molecule has 0 aliphatic rings. The van der Waals surface area contributed by atoms with Gasteiger partial charge in [-0.1, -0.05) is 42.5 Å². The van der Waals surface area contributed by atoms with Crippen molar-refractivity contribution in [3.05, 3.63) is 90.0 Å². The zero-order valence-electron chi connectivity index (χ0n) is 14.4. The zero-order chi connectivity index (χ0) is 18.2. The van der Waals surface area contributed by atoms with Crippen LogP contribution in [0.4, 0.5) is 8.78 Å². The Morgan fingerprint density at radius 1 is 0.808 bits per heavy atom. The van der Waals surface area contributed by atoms with E-state index in [0.29, 0.717) is 24.5 Å². The molecule has 0 amide bonds. The lowest BCUT2D eigenvalue weighted by molar-refractivity contribution is 0.314. The third kappa shape index (κ3) is 5.14. The second-order valence-electron chi connectivity index (χ2n) is 5.99. The summed E-state index contributed by atoms with van der Waals surface area (Å²) in [6, 6.07) is 20.8. The Labute approximate surface area is 152 Å². The smallest absolute Gasteiger partial charge is 0.131 e. The van der Waals surface area contributed by atoms with Crippen molar-refractivity contribution in [3.63, 3.8) is 0 Å². The van der Waals surface area contributed by atoms with Crippen LogP contribution in [0.25, 0.3) is 11.1 Å².